The molecule has 1 aromatic rings. The second kappa shape index (κ2) is 4.52. The lowest BCUT2D eigenvalue weighted by Gasteiger charge is -2.25. The maximum atomic E-state index is 9.57. The summed E-state index contributed by atoms with van der Waals surface area (Å²) >= 11 is 0. The highest BCUT2D eigenvalue weighted by Crippen LogP contribution is 2.02. The monoisotopic (exact) mass is 198 g/mol. The van der Waals surface area contributed by atoms with Crippen LogP contribution in [0, 0.1) is 0 Å². The Kier molecular flexibility index (Phi) is 3.60. The van der Waals surface area contributed by atoms with Crippen molar-refractivity contribution in [3.05, 3.63) is 12.7 Å². The Hall–Kier alpha value is -0.940. The van der Waals surface area contributed by atoms with Crippen molar-refractivity contribution in [2.75, 3.05) is 20.1 Å². The molecule has 0 aliphatic rings. The first kappa shape index (κ1) is 11.1. The molecule has 0 atom stereocenters. The van der Waals surface area contributed by atoms with Crippen LogP contribution in [-0.4, -0.2) is 50.5 Å². The van der Waals surface area contributed by atoms with E-state index in [1.807, 2.05) is 7.05 Å². The minimum Gasteiger partial charge on any atom is -0.389 e. The summed E-state index contributed by atoms with van der Waals surface area (Å²) in [4.78, 5) is 5.93. The van der Waals surface area contributed by atoms with Crippen LogP contribution in [0.1, 0.15) is 13.8 Å². The van der Waals surface area contributed by atoms with Crippen LogP contribution in [0.3, 0.4) is 0 Å². The van der Waals surface area contributed by atoms with Crippen molar-refractivity contribution in [1.82, 2.24) is 19.7 Å². The van der Waals surface area contributed by atoms with Crippen LogP contribution in [0.2, 0.25) is 0 Å². The zero-order chi connectivity index (χ0) is 10.6. The van der Waals surface area contributed by atoms with Crippen LogP contribution in [0.5, 0.6) is 0 Å². The zero-order valence-corrected chi connectivity index (χ0v) is 9.01. The first-order valence-electron chi connectivity index (χ1n) is 4.71. The number of aliphatic hydroxyl groups is 1. The SMILES string of the molecule is CN(CCn1cncn1)CC(C)(C)O. The van der Waals surface area contributed by atoms with E-state index in [9.17, 15) is 5.11 Å². The summed E-state index contributed by atoms with van der Waals surface area (Å²) in [6.45, 7) is 5.92. The largest absolute Gasteiger partial charge is 0.389 e. The van der Waals surface area contributed by atoms with E-state index in [1.165, 1.54) is 6.33 Å². The van der Waals surface area contributed by atoms with Gasteiger partial charge in [0.2, 0.25) is 0 Å². The smallest absolute Gasteiger partial charge is 0.137 e. The molecule has 0 unspecified atom stereocenters. The zero-order valence-electron chi connectivity index (χ0n) is 9.01. The number of hydrogen-bond donors (Lipinski definition) is 1. The van der Waals surface area contributed by atoms with Gasteiger partial charge in [-0.1, -0.05) is 0 Å². The Morgan fingerprint density at radius 3 is 2.71 bits per heavy atom. The Labute approximate surface area is 84.4 Å². The van der Waals surface area contributed by atoms with Gasteiger partial charge in [-0.05, 0) is 20.9 Å². The van der Waals surface area contributed by atoms with Crippen molar-refractivity contribution in [3.8, 4) is 0 Å². The van der Waals surface area contributed by atoms with E-state index in [0.29, 0.717) is 6.54 Å². The lowest BCUT2D eigenvalue weighted by Crippen LogP contribution is -2.37. The minimum atomic E-state index is -0.642. The highest BCUT2D eigenvalue weighted by Gasteiger charge is 2.14. The topological polar surface area (TPSA) is 54.2 Å². The maximum Gasteiger partial charge on any atom is 0.137 e. The first-order valence-corrected chi connectivity index (χ1v) is 4.71. The van der Waals surface area contributed by atoms with E-state index < -0.39 is 5.60 Å². The van der Waals surface area contributed by atoms with Crippen LogP contribution in [0.15, 0.2) is 12.7 Å². The second-order valence-electron chi connectivity index (χ2n) is 4.21. The average Bonchev–Trinajstić information content (AvgIpc) is 2.49. The molecular formula is C9H18N4O. The molecule has 0 spiro atoms. The summed E-state index contributed by atoms with van der Waals surface area (Å²) < 4.78 is 1.78. The molecule has 14 heavy (non-hydrogen) atoms. The number of nitrogens with zero attached hydrogens (tertiary/aromatic N) is 4. The highest BCUT2D eigenvalue weighted by molar-refractivity contribution is 4.69. The summed E-state index contributed by atoms with van der Waals surface area (Å²) in [5, 5.41) is 13.6. The third-order valence-corrected chi connectivity index (χ3v) is 1.83. The van der Waals surface area contributed by atoms with Gasteiger partial charge in [0.1, 0.15) is 12.7 Å². The molecule has 0 aliphatic heterocycles. The standard InChI is InChI=1S/C9H18N4O/c1-9(2,14)6-12(3)4-5-13-8-10-7-11-13/h7-8,14H,4-6H2,1-3H3. The summed E-state index contributed by atoms with van der Waals surface area (Å²) in [5.74, 6) is 0. The lowest BCUT2D eigenvalue weighted by atomic mass is 10.1. The predicted octanol–water partition coefficient (Wildman–Crippen LogP) is -0.0192. The quantitative estimate of drug-likeness (QED) is 0.722. The molecule has 0 saturated heterocycles. The molecule has 80 valence electrons. The molecule has 5 heteroatoms. The fourth-order valence-electron chi connectivity index (χ4n) is 1.36. The van der Waals surface area contributed by atoms with Crippen molar-refractivity contribution in [2.45, 2.75) is 26.0 Å². The Morgan fingerprint density at radius 1 is 1.50 bits per heavy atom. The van der Waals surface area contributed by atoms with Crippen molar-refractivity contribution < 1.29 is 5.11 Å². The molecule has 1 rings (SSSR count). The van der Waals surface area contributed by atoms with Gasteiger partial charge in [-0.25, -0.2) is 4.98 Å². The molecule has 0 radical (unpaired) electrons. The first-order chi connectivity index (χ1) is 6.47. The van der Waals surface area contributed by atoms with E-state index in [-0.39, 0.29) is 0 Å². The van der Waals surface area contributed by atoms with E-state index >= 15 is 0 Å². The van der Waals surface area contributed by atoms with Crippen molar-refractivity contribution in [1.29, 1.82) is 0 Å². The molecule has 1 aromatic heterocycles. The van der Waals surface area contributed by atoms with Crippen LogP contribution in [0.25, 0.3) is 0 Å². The van der Waals surface area contributed by atoms with Gasteiger partial charge >= 0.3 is 0 Å². The fraction of sp³-hybridized carbons (Fsp3) is 0.778. The number of likely N-dealkylation sites (N-methyl/N-ethyl adjacent to an activating group) is 1. The van der Waals surface area contributed by atoms with Gasteiger partial charge in [0.15, 0.2) is 0 Å². The molecule has 1 heterocycles. The highest BCUT2D eigenvalue weighted by atomic mass is 16.3. The Morgan fingerprint density at radius 2 is 2.21 bits per heavy atom. The van der Waals surface area contributed by atoms with Crippen molar-refractivity contribution in [3.63, 3.8) is 0 Å². The van der Waals surface area contributed by atoms with Gasteiger partial charge in [-0.15, -0.1) is 0 Å². The molecule has 0 saturated carbocycles. The summed E-state index contributed by atoms with van der Waals surface area (Å²) in [6.07, 6.45) is 3.22. The summed E-state index contributed by atoms with van der Waals surface area (Å²) in [7, 11) is 1.98. The molecule has 0 amide bonds. The number of rotatable bonds is 5. The third kappa shape index (κ3) is 4.34. The van der Waals surface area contributed by atoms with E-state index in [1.54, 1.807) is 24.9 Å². The van der Waals surface area contributed by atoms with E-state index in [0.717, 1.165) is 13.1 Å². The number of aromatic nitrogens is 3. The van der Waals surface area contributed by atoms with Crippen LogP contribution >= 0.6 is 0 Å². The fourth-order valence-corrected chi connectivity index (χ4v) is 1.36. The molecule has 5 nitrogen and oxygen atoms in total. The maximum absolute atomic E-state index is 9.57. The summed E-state index contributed by atoms with van der Waals surface area (Å²) in [6, 6.07) is 0. The molecule has 0 bridgehead atoms. The van der Waals surface area contributed by atoms with Gasteiger partial charge in [0, 0.05) is 13.1 Å². The lowest BCUT2D eigenvalue weighted by molar-refractivity contribution is 0.0434. The van der Waals surface area contributed by atoms with Gasteiger partial charge in [0.05, 0.1) is 12.1 Å². The van der Waals surface area contributed by atoms with Gasteiger partial charge in [-0.3, -0.25) is 4.68 Å². The van der Waals surface area contributed by atoms with Crippen LogP contribution in [0.4, 0.5) is 0 Å². The van der Waals surface area contributed by atoms with Crippen LogP contribution in [-0.2, 0) is 6.54 Å². The van der Waals surface area contributed by atoms with Gasteiger partial charge in [0.25, 0.3) is 0 Å². The van der Waals surface area contributed by atoms with Crippen molar-refractivity contribution >= 4 is 0 Å². The molecular weight excluding hydrogens is 180 g/mol. The molecule has 0 aromatic carbocycles. The van der Waals surface area contributed by atoms with Crippen molar-refractivity contribution in [2.24, 2.45) is 0 Å². The van der Waals surface area contributed by atoms with Crippen LogP contribution < -0.4 is 0 Å². The average molecular weight is 198 g/mol. The van der Waals surface area contributed by atoms with E-state index in [2.05, 4.69) is 15.0 Å². The normalized spacial score (nSPS) is 12.4. The second-order valence-corrected chi connectivity index (χ2v) is 4.21. The Bertz CT molecular complexity index is 252. The third-order valence-electron chi connectivity index (χ3n) is 1.83. The van der Waals surface area contributed by atoms with Gasteiger partial charge < -0.3 is 10.0 Å². The Balaban J connectivity index is 2.25. The predicted molar refractivity (Wildman–Crippen MR) is 53.8 cm³/mol. The number of hydrogen-bond acceptors (Lipinski definition) is 4. The minimum absolute atomic E-state index is 0.642. The summed E-state index contributed by atoms with van der Waals surface area (Å²) in [5.41, 5.74) is -0.642. The molecule has 0 fully saturated rings. The van der Waals surface area contributed by atoms with E-state index in [4.69, 9.17) is 0 Å². The van der Waals surface area contributed by atoms with Gasteiger partial charge in [-0.2, -0.15) is 5.10 Å². The molecule has 1 N–H and O–H groups in total. The molecule has 0 aliphatic carbocycles.